The standard InChI is InChI=1S/C13H9BClNO2/c14-13(9-1-5-11(15)6-2-9)10-3-7-12(8-4-10)16(17)18/h1-8,13H. The molecule has 18 heavy (non-hydrogen) atoms. The fourth-order valence-electron chi connectivity index (χ4n) is 1.67. The van der Waals surface area contributed by atoms with Crippen molar-refractivity contribution in [3.05, 3.63) is 74.8 Å². The van der Waals surface area contributed by atoms with E-state index >= 15 is 0 Å². The van der Waals surface area contributed by atoms with Crippen molar-refractivity contribution in [2.24, 2.45) is 0 Å². The van der Waals surface area contributed by atoms with Crippen LogP contribution in [0.5, 0.6) is 0 Å². The molecule has 0 aromatic heterocycles. The minimum Gasteiger partial charge on any atom is -0.258 e. The second kappa shape index (κ2) is 5.23. The van der Waals surface area contributed by atoms with Gasteiger partial charge in [0.25, 0.3) is 5.69 Å². The van der Waals surface area contributed by atoms with Crippen molar-refractivity contribution in [3.8, 4) is 0 Å². The third-order valence-electron chi connectivity index (χ3n) is 2.69. The van der Waals surface area contributed by atoms with Gasteiger partial charge in [-0.15, -0.1) is 0 Å². The molecule has 1 atom stereocenters. The van der Waals surface area contributed by atoms with E-state index in [0.717, 1.165) is 11.1 Å². The predicted octanol–water partition coefficient (Wildman–Crippen LogP) is 3.51. The Morgan fingerprint density at radius 2 is 1.44 bits per heavy atom. The molecular weight excluding hydrogens is 248 g/mol. The number of nitro benzene ring substituents is 1. The van der Waals surface area contributed by atoms with Crippen LogP contribution < -0.4 is 0 Å². The molecule has 0 spiro atoms. The minimum absolute atomic E-state index is 0.0575. The minimum atomic E-state index is -0.433. The first kappa shape index (κ1) is 12.6. The second-order valence-corrected chi connectivity index (χ2v) is 4.31. The molecule has 5 heteroatoms. The normalized spacial score (nSPS) is 12.1. The molecular formula is C13H9BClNO2. The van der Waals surface area contributed by atoms with Crippen LogP contribution in [-0.4, -0.2) is 12.8 Å². The predicted molar refractivity (Wildman–Crippen MR) is 72.1 cm³/mol. The summed E-state index contributed by atoms with van der Waals surface area (Å²) < 4.78 is 0. The Bertz CT molecular complexity index is 554. The first-order valence-electron chi connectivity index (χ1n) is 5.33. The number of rotatable bonds is 3. The van der Waals surface area contributed by atoms with Crippen molar-refractivity contribution in [2.75, 3.05) is 0 Å². The number of hydrogen-bond acceptors (Lipinski definition) is 2. The molecule has 0 aliphatic heterocycles. The van der Waals surface area contributed by atoms with Crippen LogP contribution in [-0.2, 0) is 0 Å². The van der Waals surface area contributed by atoms with Crippen molar-refractivity contribution < 1.29 is 4.92 Å². The van der Waals surface area contributed by atoms with Gasteiger partial charge >= 0.3 is 0 Å². The highest BCUT2D eigenvalue weighted by atomic mass is 35.5. The molecule has 0 saturated heterocycles. The molecule has 0 aliphatic rings. The largest absolute Gasteiger partial charge is 0.269 e. The van der Waals surface area contributed by atoms with Crippen LogP contribution in [0.15, 0.2) is 48.5 Å². The van der Waals surface area contributed by atoms with Crippen LogP contribution >= 0.6 is 11.6 Å². The van der Waals surface area contributed by atoms with E-state index in [-0.39, 0.29) is 11.5 Å². The van der Waals surface area contributed by atoms with Crippen molar-refractivity contribution in [1.29, 1.82) is 0 Å². The van der Waals surface area contributed by atoms with E-state index < -0.39 is 4.92 Å². The summed E-state index contributed by atoms with van der Waals surface area (Å²) in [6.45, 7) is 0. The third-order valence-corrected chi connectivity index (χ3v) is 2.94. The van der Waals surface area contributed by atoms with Gasteiger partial charge in [-0.05, 0) is 29.1 Å². The van der Waals surface area contributed by atoms with E-state index in [4.69, 9.17) is 19.4 Å². The molecule has 2 aromatic rings. The molecule has 0 aliphatic carbocycles. The van der Waals surface area contributed by atoms with Crippen molar-refractivity contribution >= 4 is 25.1 Å². The summed E-state index contributed by atoms with van der Waals surface area (Å²) >= 11 is 5.80. The molecule has 0 N–H and O–H groups in total. The summed E-state index contributed by atoms with van der Waals surface area (Å²) in [5.41, 5.74) is 1.79. The van der Waals surface area contributed by atoms with Gasteiger partial charge < -0.3 is 0 Å². The summed E-state index contributed by atoms with van der Waals surface area (Å²) in [6.07, 6.45) is 0. The van der Waals surface area contributed by atoms with Crippen LogP contribution in [0.3, 0.4) is 0 Å². The summed E-state index contributed by atoms with van der Waals surface area (Å²) in [5, 5.41) is 11.2. The van der Waals surface area contributed by atoms with Gasteiger partial charge in [-0.25, -0.2) is 0 Å². The van der Waals surface area contributed by atoms with Gasteiger partial charge in [0.2, 0.25) is 0 Å². The lowest BCUT2D eigenvalue weighted by Crippen LogP contribution is -2.00. The van der Waals surface area contributed by atoms with E-state index in [1.54, 1.807) is 24.3 Å². The lowest BCUT2D eigenvalue weighted by atomic mass is 9.76. The molecule has 0 bridgehead atoms. The van der Waals surface area contributed by atoms with E-state index in [1.165, 1.54) is 12.1 Å². The van der Waals surface area contributed by atoms with E-state index in [2.05, 4.69) is 0 Å². The smallest absolute Gasteiger partial charge is 0.258 e. The molecule has 2 rings (SSSR count). The van der Waals surface area contributed by atoms with Gasteiger partial charge in [0.1, 0.15) is 0 Å². The second-order valence-electron chi connectivity index (χ2n) is 3.88. The molecule has 0 amide bonds. The molecule has 3 nitrogen and oxygen atoms in total. The third kappa shape index (κ3) is 2.71. The van der Waals surface area contributed by atoms with Crippen molar-refractivity contribution in [1.82, 2.24) is 0 Å². The lowest BCUT2D eigenvalue weighted by molar-refractivity contribution is -0.384. The number of non-ortho nitro benzene ring substituents is 1. The topological polar surface area (TPSA) is 43.1 Å². The van der Waals surface area contributed by atoms with Gasteiger partial charge in [-0.2, -0.15) is 0 Å². The average molecular weight is 257 g/mol. The van der Waals surface area contributed by atoms with Crippen LogP contribution in [0, 0.1) is 10.1 Å². The lowest BCUT2D eigenvalue weighted by Gasteiger charge is -2.12. The molecule has 2 radical (unpaired) electrons. The summed E-state index contributed by atoms with van der Waals surface area (Å²) in [5.74, 6) is -0.317. The molecule has 2 aromatic carbocycles. The number of hydrogen-bond donors (Lipinski definition) is 0. The average Bonchev–Trinajstić information content (AvgIpc) is 2.39. The molecule has 0 saturated carbocycles. The van der Waals surface area contributed by atoms with E-state index in [0.29, 0.717) is 5.02 Å². The van der Waals surface area contributed by atoms with E-state index in [1.807, 2.05) is 12.1 Å². The zero-order valence-electron chi connectivity index (χ0n) is 9.42. The Morgan fingerprint density at radius 3 is 1.89 bits per heavy atom. The Labute approximate surface area is 111 Å². The number of nitrogens with zero attached hydrogens (tertiary/aromatic N) is 1. The Balaban J connectivity index is 2.25. The van der Waals surface area contributed by atoms with Crippen LogP contribution in [0.1, 0.15) is 16.9 Å². The SMILES string of the molecule is [B]C(c1ccc(Cl)cc1)c1ccc([N+](=O)[O-])cc1. The zero-order chi connectivity index (χ0) is 13.1. The highest BCUT2D eigenvalue weighted by Gasteiger charge is 2.10. The quantitative estimate of drug-likeness (QED) is 0.480. The van der Waals surface area contributed by atoms with Crippen LogP contribution in [0.2, 0.25) is 5.02 Å². The number of halogens is 1. The molecule has 88 valence electrons. The zero-order valence-corrected chi connectivity index (χ0v) is 10.2. The maximum absolute atomic E-state index is 10.5. The Hall–Kier alpha value is -1.81. The highest BCUT2D eigenvalue weighted by molar-refractivity contribution is 6.30. The summed E-state index contributed by atoms with van der Waals surface area (Å²) in [6, 6.07) is 13.4. The highest BCUT2D eigenvalue weighted by Crippen LogP contribution is 2.24. The van der Waals surface area contributed by atoms with Gasteiger partial charge in [0.15, 0.2) is 0 Å². The summed E-state index contributed by atoms with van der Waals surface area (Å²) in [7, 11) is 6.08. The maximum atomic E-state index is 10.5. The summed E-state index contributed by atoms with van der Waals surface area (Å²) in [4.78, 5) is 10.1. The first-order valence-corrected chi connectivity index (χ1v) is 5.71. The number of benzene rings is 2. The van der Waals surface area contributed by atoms with Crippen LogP contribution in [0.25, 0.3) is 0 Å². The first-order chi connectivity index (χ1) is 8.58. The molecule has 0 fully saturated rings. The van der Waals surface area contributed by atoms with Gasteiger partial charge in [-0.1, -0.05) is 35.9 Å². The fourth-order valence-corrected chi connectivity index (χ4v) is 1.79. The molecule has 1 unspecified atom stereocenters. The van der Waals surface area contributed by atoms with Gasteiger partial charge in [0.05, 0.1) is 12.8 Å². The Morgan fingerprint density at radius 1 is 1.00 bits per heavy atom. The monoisotopic (exact) mass is 257 g/mol. The van der Waals surface area contributed by atoms with Gasteiger partial charge in [-0.3, -0.25) is 10.1 Å². The number of nitro groups is 1. The maximum Gasteiger partial charge on any atom is 0.269 e. The fraction of sp³-hybridized carbons (Fsp3) is 0.0769. The van der Waals surface area contributed by atoms with E-state index in [9.17, 15) is 10.1 Å². The van der Waals surface area contributed by atoms with Crippen molar-refractivity contribution in [3.63, 3.8) is 0 Å². The van der Waals surface area contributed by atoms with Gasteiger partial charge in [0, 0.05) is 17.2 Å². The van der Waals surface area contributed by atoms with Crippen molar-refractivity contribution in [2.45, 2.75) is 5.82 Å². The van der Waals surface area contributed by atoms with Crippen LogP contribution in [0.4, 0.5) is 5.69 Å². The molecule has 0 heterocycles. The Kier molecular flexibility index (Phi) is 3.67.